The van der Waals surface area contributed by atoms with Gasteiger partial charge in [-0.3, -0.25) is 0 Å². The van der Waals surface area contributed by atoms with Gasteiger partial charge in [0.15, 0.2) is 0 Å². The largest absolute Gasteiger partial charge is 0.306 e. The Morgan fingerprint density at radius 1 is 0.556 bits per heavy atom. The molecule has 1 heteroatoms. The summed E-state index contributed by atoms with van der Waals surface area (Å²) in [5.74, 6) is 0. The molecule has 0 saturated carbocycles. The summed E-state index contributed by atoms with van der Waals surface area (Å²) in [6, 6.07) is 0. The molecule has 0 amide bonds. The number of hydrogen-bond acceptors (Lipinski definition) is 1. The maximum Gasteiger partial charge on any atom is -0.00216 e. The van der Waals surface area contributed by atoms with Crippen LogP contribution >= 0.6 is 0 Å². The fraction of sp³-hybridized carbons (Fsp3) is 1.00. The minimum absolute atomic E-state index is 0.536. The zero-order valence-corrected chi connectivity index (χ0v) is 20.5. The van der Waals surface area contributed by atoms with Crippen molar-refractivity contribution in [2.75, 3.05) is 20.1 Å². The second-order valence-corrected chi connectivity index (χ2v) is 10.5. The van der Waals surface area contributed by atoms with Crippen LogP contribution in [0.15, 0.2) is 0 Å². The number of unbranched alkanes of at least 4 members (excludes halogenated alkanes) is 6. The van der Waals surface area contributed by atoms with Crippen LogP contribution in [0.2, 0.25) is 0 Å². The van der Waals surface area contributed by atoms with E-state index >= 15 is 0 Å². The van der Waals surface area contributed by atoms with E-state index in [0.717, 1.165) is 0 Å². The van der Waals surface area contributed by atoms with Gasteiger partial charge in [0.2, 0.25) is 0 Å². The van der Waals surface area contributed by atoms with Crippen LogP contribution in [0.25, 0.3) is 0 Å². The van der Waals surface area contributed by atoms with Crippen LogP contribution in [0.3, 0.4) is 0 Å². The molecule has 0 aliphatic carbocycles. The van der Waals surface area contributed by atoms with Crippen molar-refractivity contribution in [1.82, 2.24) is 4.90 Å². The first-order chi connectivity index (χ1) is 12.8. The van der Waals surface area contributed by atoms with E-state index in [0.29, 0.717) is 10.8 Å². The van der Waals surface area contributed by atoms with E-state index in [9.17, 15) is 0 Å². The molecular formula is C26H55N. The van der Waals surface area contributed by atoms with Gasteiger partial charge >= 0.3 is 0 Å². The second-order valence-electron chi connectivity index (χ2n) is 10.5. The quantitative estimate of drug-likeness (QED) is 0.202. The molecule has 0 heterocycles. The van der Waals surface area contributed by atoms with Crippen molar-refractivity contribution in [3.8, 4) is 0 Å². The molecule has 0 aliphatic rings. The fourth-order valence-corrected chi connectivity index (χ4v) is 4.33. The van der Waals surface area contributed by atoms with E-state index in [1.165, 1.54) is 109 Å². The average molecular weight is 382 g/mol. The topological polar surface area (TPSA) is 3.24 Å². The second kappa shape index (κ2) is 15.8. The van der Waals surface area contributed by atoms with Crippen molar-refractivity contribution >= 4 is 0 Å². The van der Waals surface area contributed by atoms with Crippen molar-refractivity contribution in [2.24, 2.45) is 10.8 Å². The molecule has 0 aromatic rings. The predicted molar refractivity (Wildman–Crippen MR) is 126 cm³/mol. The van der Waals surface area contributed by atoms with Crippen molar-refractivity contribution in [3.63, 3.8) is 0 Å². The van der Waals surface area contributed by atoms with Gasteiger partial charge in [0, 0.05) is 0 Å². The van der Waals surface area contributed by atoms with Crippen LogP contribution in [0.1, 0.15) is 138 Å². The summed E-state index contributed by atoms with van der Waals surface area (Å²) in [5.41, 5.74) is 1.11. The molecule has 0 radical (unpaired) electrons. The molecule has 0 spiro atoms. The van der Waals surface area contributed by atoms with Gasteiger partial charge in [0.05, 0.1) is 0 Å². The molecular weight excluding hydrogens is 326 g/mol. The van der Waals surface area contributed by atoms with Crippen LogP contribution in [-0.2, 0) is 0 Å². The molecule has 0 rings (SSSR count). The zero-order valence-electron chi connectivity index (χ0n) is 20.5. The standard InChI is InChI=1S/C26H55N/c1-8-11-13-15-19-25(4,5)20-17-23-27(7)24-18-22-26(6,10-3)21-16-14-12-9-2/h8-24H2,1-7H3. The first kappa shape index (κ1) is 27.0. The van der Waals surface area contributed by atoms with E-state index in [1.807, 2.05) is 0 Å². The number of rotatable bonds is 19. The Morgan fingerprint density at radius 2 is 1.00 bits per heavy atom. The van der Waals surface area contributed by atoms with Crippen LogP contribution < -0.4 is 0 Å². The van der Waals surface area contributed by atoms with Crippen LogP contribution in [0, 0.1) is 10.8 Å². The van der Waals surface area contributed by atoms with E-state index in [4.69, 9.17) is 0 Å². The summed E-state index contributed by atoms with van der Waals surface area (Å²) in [6.45, 7) is 17.0. The Bertz CT molecular complexity index is 322. The summed E-state index contributed by atoms with van der Waals surface area (Å²) >= 11 is 0. The van der Waals surface area contributed by atoms with Crippen LogP contribution in [0.5, 0.6) is 0 Å². The van der Waals surface area contributed by atoms with Gasteiger partial charge in [-0.1, -0.05) is 99.3 Å². The maximum atomic E-state index is 2.58. The van der Waals surface area contributed by atoms with E-state index in [-0.39, 0.29) is 0 Å². The average Bonchev–Trinajstić information content (AvgIpc) is 2.62. The highest BCUT2D eigenvalue weighted by atomic mass is 15.1. The van der Waals surface area contributed by atoms with Gasteiger partial charge in [0.25, 0.3) is 0 Å². The third kappa shape index (κ3) is 15.5. The summed E-state index contributed by atoms with van der Waals surface area (Å²) in [7, 11) is 2.33. The van der Waals surface area contributed by atoms with Crippen LogP contribution in [0.4, 0.5) is 0 Å². The molecule has 1 unspecified atom stereocenters. The summed E-state index contributed by atoms with van der Waals surface area (Å²) in [4.78, 5) is 2.58. The molecule has 1 atom stereocenters. The van der Waals surface area contributed by atoms with Crippen molar-refractivity contribution in [2.45, 2.75) is 138 Å². The summed E-state index contributed by atoms with van der Waals surface area (Å²) in [5, 5.41) is 0. The third-order valence-electron chi connectivity index (χ3n) is 6.91. The fourth-order valence-electron chi connectivity index (χ4n) is 4.33. The highest BCUT2D eigenvalue weighted by Gasteiger charge is 2.21. The monoisotopic (exact) mass is 381 g/mol. The normalized spacial score (nSPS) is 14.7. The number of hydrogen-bond donors (Lipinski definition) is 0. The lowest BCUT2D eigenvalue weighted by molar-refractivity contribution is 0.215. The van der Waals surface area contributed by atoms with Gasteiger partial charge in [0.1, 0.15) is 0 Å². The Kier molecular flexibility index (Phi) is 15.8. The molecule has 0 N–H and O–H groups in total. The highest BCUT2D eigenvalue weighted by Crippen LogP contribution is 2.34. The first-order valence-electron chi connectivity index (χ1n) is 12.5. The lowest BCUT2D eigenvalue weighted by Gasteiger charge is -2.30. The molecule has 0 saturated heterocycles. The van der Waals surface area contributed by atoms with E-state index in [1.54, 1.807) is 0 Å². The lowest BCUT2D eigenvalue weighted by atomic mass is 9.78. The minimum Gasteiger partial charge on any atom is -0.306 e. The molecule has 1 nitrogen and oxygen atoms in total. The minimum atomic E-state index is 0.536. The maximum absolute atomic E-state index is 2.58. The van der Waals surface area contributed by atoms with Gasteiger partial charge in [-0.15, -0.1) is 0 Å². The van der Waals surface area contributed by atoms with Crippen molar-refractivity contribution < 1.29 is 0 Å². The smallest absolute Gasteiger partial charge is 0.00216 e. The van der Waals surface area contributed by atoms with E-state index in [2.05, 4.69) is 53.5 Å². The van der Waals surface area contributed by atoms with Crippen LogP contribution in [-0.4, -0.2) is 25.0 Å². The Balaban J connectivity index is 3.89. The summed E-state index contributed by atoms with van der Waals surface area (Å²) < 4.78 is 0. The first-order valence-corrected chi connectivity index (χ1v) is 12.5. The molecule has 0 aromatic carbocycles. The molecule has 0 fully saturated rings. The Labute approximate surface area is 174 Å². The lowest BCUT2D eigenvalue weighted by Crippen LogP contribution is -2.24. The van der Waals surface area contributed by atoms with Gasteiger partial charge in [-0.2, -0.15) is 0 Å². The van der Waals surface area contributed by atoms with Gasteiger partial charge in [-0.05, 0) is 69.5 Å². The van der Waals surface area contributed by atoms with E-state index < -0.39 is 0 Å². The van der Waals surface area contributed by atoms with Gasteiger partial charge < -0.3 is 4.90 Å². The van der Waals surface area contributed by atoms with Crippen molar-refractivity contribution in [3.05, 3.63) is 0 Å². The zero-order chi connectivity index (χ0) is 20.6. The SMILES string of the molecule is CCCCCCC(C)(C)CCCN(C)CCCC(C)(CC)CCCCCC. The third-order valence-corrected chi connectivity index (χ3v) is 6.91. The number of nitrogens with zero attached hydrogens (tertiary/aromatic N) is 1. The molecule has 164 valence electrons. The summed E-state index contributed by atoms with van der Waals surface area (Å²) in [6.07, 6.45) is 20.9. The molecule has 0 bridgehead atoms. The van der Waals surface area contributed by atoms with Crippen molar-refractivity contribution in [1.29, 1.82) is 0 Å². The Hall–Kier alpha value is -0.0400. The molecule has 0 aromatic heterocycles. The molecule has 27 heavy (non-hydrogen) atoms. The highest BCUT2D eigenvalue weighted by molar-refractivity contribution is 4.74. The van der Waals surface area contributed by atoms with Gasteiger partial charge in [-0.25, -0.2) is 0 Å². The Morgan fingerprint density at radius 3 is 1.52 bits per heavy atom. The predicted octanol–water partition coefficient (Wildman–Crippen LogP) is 8.86. The molecule has 0 aliphatic heterocycles.